The minimum atomic E-state index is -3.84. The Morgan fingerprint density at radius 3 is 2.73 bits per heavy atom. The fraction of sp³-hybridized carbons (Fsp3) is 0.238. The number of amides is 1. The van der Waals surface area contributed by atoms with Crippen molar-refractivity contribution in [2.24, 2.45) is 0 Å². The molecule has 3 N–H and O–H groups in total. The molecule has 12 heteroatoms. The number of aliphatic hydroxyl groups excluding tert-OH is 1. The van der Waals surface area contributed by atoms with Crippen molar-refractivity contribution < 1.29 is 18.3 Å². The number of halogens is 1. The number of carbonyl (C=O) groups is 1. The minimum Gasteiger partial charge on any atom is -0.391 e. The van der Waals surface area contributed by atoms with Crippen molar-refractivity contribution >= 4 is 33.2 Å². The second-order valence-electron chi connectivity index (χ2n) is 7.09. The van der Waals surface area contributed by atoms with Crippen molar-refractivity contribution in [1.29, 1.82) is 0 Å². The monoisotopic (exact) mass is 491 g/mol. The summed E-state index contributed by atoms with van der Waals surface area (Å²) in [6.45, 7) is 0.774. The van der Waals surface area contributed by atoms with Crippen molar-refractivity contribution in [3.63, 3.8) is 0 Å². The number of hydrogen-bond acceptors (Lipinski definition) is 7. The third-order valence-electron chi connectivity index (χ3n) is 4.70. The van der Waals surface area contributed by atoms with Gasteiger partial charge in [-0.25, -0.2) is 17.8 Å². The SMILES string of the molecule is Cc1ccc(NC(=O)Cn2ncc(Cl)c(CO)c2=O)cc1S(=O)(=O)NCCc1ccccn1. The first-order valence-electron chi connectivity index (χ1n) is 9.86. The van der Waals surface area contributed by atoms with Gasteiger partial charge in [0.1, 0.15) is 6.54 Å². The van der Waals surface area contributed by atoms with Crippen LogP contribution in [0.1, 0.15) is 16.8 Å². The maximum Gasteiger partial charge on any atom is 0.274 e. The van der Waals surface area contributed by atoms with Gasteiger partial charge in [-0.2, -0.15) is 5.10 Å². The standard InChI is InChI=1S/C21H22ClN5O5S/c1-14-5-6-16(26-20(29)12-27-21(30)17(13-28)18(22)11-24-27)10-19(14)33(31,32)25-9-7-15-4-2-3-8-23-15/h2-6,8,10-11,25,28H,7,9,12-13H2,1H3,(H,26,29). The Morgan fingerprint density at radius 2 is 2.03 bits per heavy atom. The molecule has 10 nitrogen and oxygen atoms in total. The zero-order valence-electron chi connectivity index (χ0n) is 17.7. The first kappa shape index (κ1) is 24.5. The average molecular weight is 492 g/mol. The first-order chi connectivity index (χ1) is 15.7. The highest BCUT2D eigenvalue weighted by Gasteiger charge is 2.18. The predicted molar refractivity (Wildman–Crippen MR) is 122 cm³/mol. The lowest BCUT2D eigenvalue weighted by Crippen LogP contribution is -2.32. The van der Waals surface area contributed by atoms with Gasteiger partial charge in [0, 0.05) is 30.5 Å². The predicted octanol–water partition coefficient (Wildman–Crippen LogP) is 1.25. The lowest BCUT2D eigenvalue weighted by atomic mass is 10.2. The summed E-state index contributed by atoms with van der Waals surface area (Å²) in [6, 6.07) is 9.87. The molecule has 2 aromatic heterocycles. The average Bonchev–Trinajstić information content (AvgIpc) is 2.78. The molecule has 0 aliphatic carbocycles. The van der Waals surface area contributed by atoms with Crippen molar-refractivity contribution in [2.75, 3.05) is 11.9 Å². The second-order valence-corrected chi connectivity index (χ2v) is 9.23. The molecule has 33 heavy (non-hydrogen) atoms. The molecule has 1 aromatic carbocycles. The van der Waals surface area contributed by atoms with E-state index >= 15 is 0 Å². The van der Waals surface area contributed by atoms with Crippen LogP contribution in [0.2, 0.25) is 5.02 Å². The molecule has 2 heterocycles. The van der Waals surface area contributed by atoms with E-state index in [0.29, 0.717) is 12.0 Å². The Labute approximate surface area is 195 Å². The molecule has 3 rings (SSSR count). The summed E-state index contributed by atoms with van der Waals surface area (Å²) in [7, 11) is -3.84. The van der Waals surface area contributed by atoms with Gasteiger partial charge in [-0.05, 0) is 36.8 Å². The topological polar surface area (TPSA) is 143 Å². The molecule has 0 atom stereocenters. The highest BCUT2D eigenvalue weighted by molar-refractivity contribution is 7.89. The quantitative estimate of drug-likeness (QED) is 0.408. The van der Waals surface area contributed by atoms with E-state index in [9.17, 15) is 23.1 Å². The van der Waals surface area contributed by atoms with E-state index in [0.717, 1.165) is 16.6 Å². The van der Waals surface area contributed by atoms with Gasteiger partial charge in [0.2, 0.25) is 15.9 Å². The largest absolute Gasteiger partial charge is 0.391 e. The van der Waals surface area contributed by atoms with E-state index < -0.39 is 34.6 Å². The Balaban J connectivity index is 1.70. The van der Waals surface area contributed by atoms with Crippen LogP contribution in [0.5, 0.6) is 0 Å². The molecular formula is C21H22ClN5O5S. The molecule has 0 saturated carbocycles. The van der Waals surface area contributed by atoms with E-state index in [-0.39, 0.29) is 27.7 Å². The number of sulfonamides is 1. The van der Waals surface area contributed by atoms with Crippen LogP contribution in [0.3, 0.4) is 0 Å². The van der Waals surface area contributed by atoms with Gasteiger partial charge in [-0.3, -0.25) is 14.6 Å². The number of aryl methyl sites for hydroxylation is 1. The fourth-order valence-corrected chi connectivity index (χ4v) is 4.49. The van der Waals surface area contributed by atoms with E-state index in [1.54, 1.807) is 37.4 Å². The lowest BCUT2D eigenvalue weighted by Gasteiger charge is -2.12. The number of benzene rings is 1. The van der Waals surface area contributed by atoms with Crippen LogP contribution >= 0.6 is 11.6 Å². The van der Waals surface area contributed by atoms with E-state index in [2.05, 4.69) is 20.1 Å². The Kier molecular flexibility index (Phi) is 7.92. The molecule has 0 radical (unpaired) electrons. The maximum atomic E-state index is 12.8. The van der Waals surface area contributed by atoms with Crippen molar-refractivity contribution in [3.8, 4) is 0 Å². The Morgan fingerprint density at radius 1 is 1.24 bits per heavy atom. The maximum absolute atomic E-state index is 12.8. The highest BCUT2D eigenvalue weighted by Crippen LogP contribution is 2.20. The number of carbonyl (C=O) groups excluding carboxylic acids is 1. The van der Waals surface area contributed by atoms with Crippen molar-refractivity contribution in [1.82, 2.24) is 19.5 Å². The van der Waals surface area contributed by atoms with Gasteiger partial charge >= 0.3 is 0 Å². The summed E-state index contributed by atoms with van der Waals surface area (Å²) in [6.07, 6.45) is 3.22. The highest BCUT2D eigenvalue weighted by atomic mass is 35.5. The van der Waals surface area contributed by atoms with Gasteiger partial charge in [0.05, 0.1) is 28.3 Å². The third kappa shape index (κ3) is 6.23. The lowest BCUT2D eigenvalue weighted by molar-refractivity contribution is -0.117. The van der Waals surface area contributed by atoms with Crippen LogP contribution in [-0.2, 0) is 34.4 Å². The molecular weight excluding hydrogens is 470 g/mol. The van der Waals surface area contributed by atoms with E-state index in [1.807, 2.05) is 6.07 Å². The molecule has 3 aromatic rings. The summed E-state index contributed by atoms with van der Waals surface area (Å²) >= 11 is 5.81. The van der Waals surface area contributed by atoms with Crippen LogP contribution in [0, 0.1) is 6.92 Å². The zero-order chi connectivity index (χ0) is 24.0. The molecule has 1 amide bonds. The number of hydrogen-bond donors (Lipinski definition) is 3. The van der Waals surface area contributed by atoms with Gasteiger partial charge in [-0.15, -0.1) is 0 Å². The van der Waals surface area contributed by atoms with Gasteiger partial charge in [-0.1, -0.05) is 23.7 Å². The normalized spacial score (nSPS) is 11.4. The number of aromatic nitrogens is 3. The summed E-state index contributed by atoms with van der Waals surface area (Å²) in [4.78, 5) is 28.8. The van der Waals surface area contributed by atoms with Gasteiger partial charge in [0.15, 0.2) is 0 Å². The molecule has 0 saturated heterocycles. The number of pyridine rings is 1. The second kappa shape index (κ2) is 10.7. The smallest absolute Gasteiger partial charge is 0.274 e. The zero-order valence-corrected chi connectivity index (χ0v) is 19.2. The molecule has 0 aliphatic heterocycles. The Hall–Kier alpha value is -3.12. The van der Waals surface area contributed by atoms with Crippen LogP contribution < -0.4 is 15.6 Å². The fourth-order valence-electron chi connectivity index (χ4n) is 3.01. The van der Waals surface area contributed by atoms with E-state index in [1.165, 1.54) is 6.07 Å². The summed E-state index contributed by atoms with van der Waals surface area (Å²) in [5.74, 6) is -0.605. The molecule has 0 fully saturated rings. The van der Waals surface area contributed by atoms with Crippen LogP contribution in [0.15, 0.2) is 58.5 Å². The van der Waals surface area contributed by atoms with E-state index in [4.69, 9.17) is 11.6 Å². The van der Waals surface area contributed by atoms with Crippen molar-refractivity contribution in [3.05, 3.63) is 81.0 Å². The molecule has 0 bridgehead atoms. The molecule has 0 unspecified atom stereocenters. The van der Waals surface area contributed by atoms with Crippen molar-refractivity contribution in [2.45, 2.75) is 31.4 Å². The van der Waals surface area contributed by atoms with Crippen LogP contribution in [0.25, 0.3) is 0 Å². The minimum absolute atomic E-state index is 0.00286. The number of anilines is 1. The number of nitrogens with one attached hydrogen (secondary N) is 2. The molecule has 0 aliphatic rings. The van der Waals surface area contributed by atoms with Crippen LogP contribution in [0.4, 0.5) is 5.69 Å². The third-order valence-corrected chi connectivity index (χ3v) is 6.63. The first-order valence-corrected chi connectivity index (χ1v) is 11.7. The van der Waals surface area contributed by atoms with Crippen LogP contribution in [-0.4, -0.2) is 40.7 Å². The molecule has 174 valence electrons. The summed E-state index contributed by atoms with van der Waals surface area (Å²) in [5.41, 5.74) is 0.735. The number of nitrogens with zero attached hydrogens (tertiary/aromatic N) is 3. The van der Waals surface area contributed by atoms with Gasteiger partial charge in [0.25, 0.3) is 5.56 Å². The summed E-state index contributed by atoms with van der Waals surface area (Å²) < 4.78 is 29.0. The number of aliphatic hydroxyl groups is 1. The molecule has 0 spiro atoms. The summed E-state index contributed by atoms with van der Waals surface area (Å²) in [5, 5.41) is 15.6. The number of rotatable bonds is 9. The van der Waals surface area contributed by atoms with Gasteiger partial charge < -0.3 is 10.4 Å². The Bertz CT molecular complexity index is 1310.